The van der Waals surface area contributed by atoms with Crippen LogP contribution in [0, 0.1) is 11.8 Å². The van der Waals surface area contributed by atoms with Gasteiger partial charge in [-0.1, -0.05) is 13.8 Å². The zero-order chi connectivity index (χ0) is 14.1. The van der Waals surface area contributed by atoms with Crippen LogP contribution in [0.25, 0.3) is 0 Å². The fourth-order valence-corrected chi connectivity index (χ4v) is 2.24. The summed E-state index contributed by atoms with van der Waals surface area (Å²) in [6.07, 6.45) is 6.40. The normalized spacial score (nSPS) is 27.9. The van der Waals surface area contributed by atoms with E-state index in [1.54, 1.807) is 7.11 Å². The number of rotatable bonds is 0. The Labute approximate surface area is 117 Å². The molecule has 2 aliphatic rings. The number of amides is 1. The van der Waals surface area contributed by atoms with Gasteiger partial charge in [-0.05, 0) is 37.5 Å². The van der Waals surface area contributed by atoms with Gasteiger partial charge in [0.15, 0.2) is 5.90 Å². The molecule has 4 nitrogen and oxygen atoms in total. The Bertz CT molecular complexity index is 303. The van der Waals surface area contributed by atoms with Crippen molar-refractivity contribution in [1.29, 1.82) is 0 Å². The predicted octanol–water partition coefficient (Wildman–Crippen LogP) is 2.77. The first-order valence-electron chi connectivity index (χ1n) is 7.45. The summed E-state index contributed by atoms with van der Waals surface area (Å²) in [6.45, 7) is 6.29. The summed E-state index contributed by atoms with van der Waals surface area (Å²) in [5, 5.41) is 2.84. The second-order valence-corrected chi connectivity index (χ2v) is 5.69. The van der Waals surface area contributed by atoms with Gasteiger partial charge in [-0.25, -0.2) is 0 Å². The van der Waals surface area contributed by atoms with Crippen molar-refractivity contribution >= 4 is 11.8 Å². The van der Waals surface area contributed by atoms with Crippen molar-refractivity contribution in [1.82, 2.24) is 5.32 Å². The van der Waals surface area contributed by atoms with Gasteiger partial charge >= 0.3 is 0 Å². The first kappa shape index (κ1) is 16.0. The van der Waals surface area contributed by atoms with E-state index in [1.165, 1.54) is 12.8 Å². The number of ether oxygens (including phenoxy) is 1. The highest BCUT2D eigenvalue weighted by Gasteiger charge is 2.10. The largest absolute Gasteiger partial charge is 0.484 e. The van der Waals surface area contributed by atoms with Crippen LogP contribution in [0.15, 0.2) is 4.99 Å². The molecule has 2 rings (SSSR count). The standard InChI is InChI=1S/C8H15NO.C7H13NO/c1-7-3-4-8(10-2)9-6-5-7;1-6-2-3-7(9)8-5-4-6/h7H,3-6H2,1-2H3;6H,2-5H2,1H3,(H,8,9). The van der Waals surface area contributed by atoms with Gasteiger partial charge in [-0.15, -0.1) is 0 Å². The lowest BCUT2D eigenvalue weighted by atomic mass is 10.0. The summed E-state index contributed by atoms with van der Waals surface area (Å²) in [7, 11) is 1.70. The smallest absolute Gasteiger partial charge is 0.220 e. The maximum absolute atomic E-state index is 10.7. The first-order valence-corrected chi connectivity index (χ1v) is 7.45. The summed E-state index contributed by atoms with van der Waals surface area (Å²) in [5.74, 6) is 2.70. The molecule has 0 aromatic carbocycles. The Hall–Kier alpha value is -1.06. The molecule has 1 amide bonds. The average molecular weight is 268 g/mol. The molecule has 0 saturated carbocycles. The molecule has 0 bridgehead atoms. The fourth-order valence-electron chi connectivity index (χ4n) is 2.24. The Morgan fingerprint density at radius 3 is 2.53 bits per heavy atom. The molecule has 0 spiro atoms. The highest BCUT2D eigenvalue weighted by atomic mass is 16.5. The number of nitrogens with zero attached hydrogens (tertiary/aromatic N) is 1. The summed E-state index contributed by atoms with van der Waals surface area (Å²) in [4.78, 5) is 15.0. The second-order valence-electron chi connectivity index (χ2n) is 5.69. The van der Waals surface area contributed by atoms with E-state index >= 15 is 0 Å². The average Bonchev–Trinajstić information content (AvgIpc) is 2.71. The highest BCUT2D eigenvalue weighted by Crippen LogP contribution is 2.14. The minimum absolute atomic E-state index is 0.222. The van der Waals surface area contributed by atoms with Gasteiger partial charge < -0.3 is 10.1 Å². The molecule has 2 unspecified atom stereocenters. The van der Waals surface area contributed by atoms with E-state index in [2.05, 4.69) is 24.2 Å². The predicted molar refractivity (Wildman–Crippen MR) is 78.4 cm³/mol. The van der Waals surface area contributed by atoms with Crippen LogP contribution < -0.4 is 5.32 Å². The zero-order valence-corrected chi connectivity index (χ0v) is 12.6. The number of carbonyl (C=O) groups is 1. The van der Waals surface area contributed by atoms with Crippen LogP contribution in [0.2, 0.25) is 0 Å². The van der Waals surface area contributed by atoms with Gasteiger partial charge in [0.2, 0.25) is 5.91 Å². The third kappa shape index (κ3) is 7.19. The van der Waals surface area contributed by atoms with Crippen LogP contribution in [0.4, 0.5) is 0 Å². The number of methoxy groups -OCH3 is 1. The number of aliphatic imine (C=N–C) groups is 1. The zero-order valence-electron chi connectivity index (χ0n) is 12.6. The molecule has 19 heavy (non-hydrogen) atoms. The topological polar surface area (TPSA) is 50.7 Å². The SMILES string of the molecule is CC1CCNC(=O)CC1.COC1=NCCC(C)CC1. The molecule has 1 fully saturated rings. The Morgan fingerprint density at radius 1 is 1.11 bits per heavy atom. The van der Waals surface area contributed by atoms with E-state index < -0.39 is 0 Å². The minimum Gasteiger partial charge on any atom is -0.484 e. The second kappa shape index (κ2) is 8.94. The molecule has 4 heteroatoms. The molecule has 1 saturated heterocycles. The van der Waals surface area contributed by atoms with E-state index in [1.807, 2.05) is 0 Å². The maximum Gasteiger partial charge on any atom is 0.220 e. The van der Waals surface area contributed by atoms with Gasteiger partial charge in [0.1, 0.15) is 0 Å². The van der Waals surface area contributed by atoms with E-state index in [0.29, 0.717) is 0 Å². The molecular formula is C15H28N2O2. The molecular weight excluding hydrogens is 240 g/mol. The van der Waals surface area contributed by atoms with Gasteiger partial charge in [-0.3, -0.25) is 9.79 Å². The molecule has 110 valence electrons. The van der Waals surface area contributed by atoms with Gasteiger partial charge in [0.05, 0.1) is 7.11 Å². The van der Waals surface area contributed by atoms with E-state index in [9.17, 15) is 4.79 Å². The van der Waals surface area contributed by atoms with Crippen LogP contribution in [0.1, 0.15) is 52.4 Å². The van der Waals surface area contributed by atoms with Crippen molar-refractivity contribution in [2.24, 2.45) is 16.8 Å². The monoisotopic (exact) mass is 268 g/mol. The number of hydrogen-bond donors (Lipinski definition) is 1. The lowest BCUT2D eigenvalue weighted by Crippen LogP contribution is -2.21. The molecule has 0 radical (unpaired) electrons. The molecule has 2 aliphatic heterocycles. The summed E-state index contributed by atoms with van der Waals surface area (Å²) in [5.41, 5.74) is 0. The van der Waals surface area contributed by atoms with E-state index in [-0.39, 0.29) is 5.91 Å². The molecule has 1 N–H and O–H groups in total. The Kier molecular flexibility index (Phi) is 7.53. The van der Waals surface area contributed by atoms with Gasteiger partial charge in [0, 0.05) is 25.9 Å². The quantitative estimate of drug-likeness (QED) is 0.734. The van der Waals surface area contributed by atoms with Crippen LogP contribution in [0.3, 0.4) is 0 Å². The van der Waals surface area contributed by atoms with Crippen LogP contribution in [0.5, 0.6) is 0 Å². The summed E-state index contributed by atoms with van der Waals surface area (Å²) < 4.78 is 5.07. The Morgan fingerprint density at radius 2 is 1.79 bits per heavy atom. The maximum atomic E-state index is 10.7. The molecule has 2 heterocycles. The molecule has 0 aliphatic carbocycles. The molecule has 0 aromatic rings. The van der Waals surface area contributed by atoms with Crippen molar-refractivity contribution in [3.05, 3.63) is 0 Å². The van der Waals surface area contributed by atoms with E-state index in [0.717, 1.165) is 56.5 Å². The molecule has 2 atom stereocenters. The minimum atomic E-state index is 0.222. The highest BCUT2D eigenvalue weighted by molar-refractivity contribution is 5.76. The lowest BCUT2D eigenvalue weighted by molar-refractivity contribution is -0.120. The van der Waals surface area contributed by atoms with Gasteiger partial charge in [0.25, 0.3) is 0 Å². The third-order valence-electron chi connectivity index (χ3n) is 3.82. The van der Waals surface area contributed by atoms with Crippen LogP contribution >= 0.6 is 0 Å². The van der Waals surface area contributed by atoms with Crippen LogP contribution in [-0.4, -0.2) is 32.0 Å². The fraction of sp³-hybridized carbons (Fsp3) is 0.867. The number of nitrogens with one attached hydrogen (secondary N) is 1. The number of carbonyl (C=O) groups excluding carboxylic acids is 1. The first-order chi connectivity index (χ1) is 9.11. The summed E-state index contributed by atoms with van der Waals surface area (Å²) >= 11 is 0. The Balaban J connectivity index is 0.000000191. The van der Waals surface area contributed by atoms with Crippen molar-refractivity contribution in [3.63, 3.8) is 0 Å². The van der Waals surface area contributed by atoms with Crippen molar-refractivity contribution < 1.29 is 9.53 Å². The third-order valence-corrected chi connectivity index (χ3v) is 3.82. The van der Waals surface area contributed by atoms with Gasteiger partial charge in [-0.2, -0.15) is 0 Å². The van der Waals surface area contributed by atoms with Crippen LogP contribution in [-0.2, 0) is 9.53 Å². The summed E-state index contributed by atoms with van der Waals surface area (Å²) in [6, 6.07) is 0. The van der Waals surface area contributed by atoms with Crippen molar-refractivity contribution in [2.75, 3.05) is 20.2 Å². The van der Waals surface area contributed by atoms with Crippen molar-refractivity contribution in [2.45, 2.75) is 52.4 Å². The number of hydrogen-bond acceptors (Lipinski definition) is 3. The lowest BCUT2D eigenvalue weighted by Gasteiger charge is -2.03. The van der Waals surface area contributed by atoms with Crippen molar-refractivity contribution in [3.8, 4) is 0 Å². The molecule has 0 aromatic heterocycles. The van der Waals surface area contributed by atoms with E-state index in [4.69, 9.17) is 4.74 Å².